The normalized spacial score (nSPS) is 16.3. The first kappa shape index (κ1) is 21.5. The Balaban J connectivity index is 1.92. The first-order valence-electron chi connectivity index (χ1n) is 9.94. The minimum Gasteiger partial charge on any atom is -0.496 e. The highest BCUT2D eigenvalue weighted by atomic mass is 16.5. The van der Waals surface area contributed by atoms with Gasteiger partial charge in [0, 0.05) is 31.7 Å². The molecule has 0 radical (unpaired) electrons. The SMILES string of the molecule is CCNC(=NCC(C)(C)N1CCOCC1)NCCc1cc(C)ccc1OC. The zero-order chi connectivity index (χ0) is 19.7. The van der Waals surface area contributed by atoms with Crippen LogP contribution in [0.4, 0.5) is 0 Å². The van der Waals surface area contributed by atoms with E-state index in [4.69, 9.17) is 14.5 Å². The van der Waals surface area contributed by atoms with Crippen molar-refractivity contribution < 1.29 is 9.47 Å². The molecule has 1 saturated heterocycles. The number of hydrogen-bond acceptors (Lipinski definition) is 4. The minimum atomic E-state index is 0.0197. The predicted octanol–water partition coefficient (Wildman–Crippen LogP) is 2.21. The van der Waals surface area contributed by atoms with Crippen molar-refractivity contribution in [1.29, 1.82) is 0 Å². The highest BCUT2D eigenvalue weighted by molar-refractivity contribution is 5.79. The third kappa shape index (κ3) is 6.70. The highest BCUT2D eigenvalue weighted by Crippen LogP contribution is 2.20. The van der Waals surface area contributed by atoms with E-state index < -0.39 is 0 Å². The lowest BCUT2D eigenvalue weighted by Crippen LogP contribution is -2.52. The molecule has 1 heterocycles. The standard InChI is InChI=1S/C21H36N4O2/c1-6-22-20(24-16-21(3,4)25-11-13-27-14-12-25)23-10-9-18-15-17(2)7-8-19(18)26-5/h7-8,15H,6,9-14,16H2,1-5H3,(H2,22,23,24). The van der Waals surface area contributed by atoms with Crippen LogP contribution in [0.15, 0.2) is 23.2 Å². The molecule has 1 aromatic carbocycles. The molecular weight excluding hydrogens is 340 g/mol. The number of methoxy groups -OCH3 is 1. The van der Waals surface area contributed by atoms with E-state index in [9.17, 15) is 0 Å². The Labute approximate surface area is 164 Å². The van der Waals surface area contributed by atoms with Gasteiger partial charge in [-0.1, -0.05) is 17.7 Å². The summed E-state index contributed by atoms with van der Waals surface area (Å²) in [7, 11) is 1.72. The summed E-state index contributed by atoms with van der Waals surface area (Å²) in [5.74, 6) is 1.81. The Morgan fingerprint density at radius 3 is 2.67 bits per heavy atom. The fourth-order valence-electron chi connectivity index (χ4n) is 3.30. The van der Waals surface area contributed by atoms with Crippen molar-refractivity contribution in [2.24, 2.45) is 4.99 Å². The number of hydrogen-bond donors (Lipinski definition) is 2. The van der Waals surface area contributed by atoms with Crippen molar-refractivity contribution in [2.75, 3.05) is 53.0 Å². The molecule has 0 aliphatic carbocycles. The van der Waals surface area contributed by atoms with E-state index in [1.165, 1.54) is 11.1 Å². The van der Waals surface area contributed by atoms with E-state index in [2.05, 4.69) is 55.4 Å². The van der Waals surface area contributed by atoms with Crippen molar-refractivity contribution in [3.05, 3.63) is 29.3 Å². The second kappa shape index (κ2) is 10.5. The summed E-state index contributed by atoms with van der Waals surface area (Å²) in [6, 6.07) is 6.30. The first-order chi connectivity index (χ1) is 13.0. The quantitative estimate of drug-likeness (QED) is 0.538. The molecule has 2 rings (SSSR count). The number of nitrogens with zero attached hydrogens (tertiary/aromatic N) is 2. The topological polar surface area (TPSA) is 58.1 Å². The van der Waals surface area contributed by atoms with Gasteiger partial charge in [0.05, 0.1) is 26.9 Å². The van der Waals surface area contributed by atoms with Gasteiger partial charge >= 0.3 is 0 Å². The Bertz CT molecular complexity index is 610. The predicted molar refractivity (Wildman–Crippen MR) is 112 cm³/mol. The maximum absolute atomic E-state index is 5.48. The minimum absolute atomic E-state index is 0.0197. The van der Waals surface area contributed by atoms with Gasteiger partial charge in [0.2, 0.25) is 0 Å². The van der Waals surface area contributed by atoms with Crippen LogP contribution < -0.4 is 15.4 Å². The molecular formula is C21H36N4O2. The Morgan fingerprint density at radius 1 is 1.26 bits per heavy atom. The average Bonchev–Trinajstić information content (AvgIpc) is 2.67. The van der Waals surface area contributed by atoms with Gasteiger partial charge < -0.3 is 20.1 Å². The van der Waals surface area contributed by atoms with Crippen molar-refractivity contribution in [3.63, 3.8) is 0 Å². The van der Waals surface area contributed by atoms with E-state index >= 15 is 0 Å². The van der Waals surface area contributed by atoms with Crippen LogP contribution in [0.2, 0.25) is 0 Å². The number of benzene rings is 1. The van der Waals surface area contributed by atoms with Crippen molar-refractivity contribution in [3.8, 4) is 5.75 Å². The molecule has 0 spiro atoms. The van der Waals surface area contributed by atoms with Crippen LogP contribution in [0.3, 0.4) is 0 Å². The third-order valence-electron chi connectivity index (χ3n) is 4.96. The number of aliphatic imine (C=N–C) groups is 1. The molecule has 2 N–H and O–H groups in total. The molecule has 1 aliphatic heterocycles. The summed E-state index contributed by atoms with van der Waals surface area (Å²) in [5.41, 5.74) is 2.49. The zero-order valence-corrected chi connectivity index (χ0v) is 17.6. The number of morpholine rings is 1. The molecule has 0 unspecified atom stereocenters. The Kier molecular flexibility index (Phi) is 8.38. The first-order valence-corrected chi connectivity index (χ1v) is 9.94. The molecule has 1 aliphatic rings. The molecule has 0 amide bonds. The van der Waals surface area contributed by atoms with E-state index in [0.717, 1.165) is 64.1 Å². The van der Waals surface area contributed by atoms with Crippen molar-refractivity contribution in [2.45, 2.75) is 39.7 Å². The van der Waals surface area contributed by atoms with Gasteiger partial charge in [-0.3, -0.25) is 9.89 Å². The number of aryl methyl sites for hydroxylation is 1. The molecule has 0 aromatic heterocycles. The fourth-order valence-corrected chi connectivity index (χ4v) is 3.30. The molecule has 6 nitrogen and oxygen atoms in total. The molecule has 1 fully saturated rings. The van der Waals surface area contributed by atoms with Crippen LogP contribution in [-0.2, 0) is 11.2 Å². The van der Waals surface area contributed by atoms with E-state index in [-0.39, 0.29) is 5.54 Å². The van der Waals surface area contributed by atoms with Crippen LogP contribution in [-0.4, -0.2) is 69.4 Å². The average molecular weight is 377 g/mol. The summed E-state index contributed by atoms with van der Waals surface area (Å²) in [6.07, 6.45) is 0.891. The number of guanidine groups is 1. The molecule has 0 bridgehead atoms. The third-order valence-corrected chi connectivity index (χ3v) is 4.96. The lowest BCUT2D eigenvalue weighted by atomic mass is 10.0. The second-order valence-electron chi connectivity index (χ2n) is 7.60. The van der Waals surface area contributed by atoms with Crippen LogP contribution in [0.25, 0.3) is 0 Å². The van der Waals surface area contributed by atoms with Gasteiger partial charge in [0.15, 0.2) is 5.96 Å². The summed E-state index contributed by atoms with van der Waals surface area (Å²) in [6.45, 7) is 14.7. The van der Waals surface area contributed by atoms with Gasteiger partial charge in [-0.2, -0.15) is 0 Å². The Morgan fingerprint density at radius 2 is 2.00 bits per heavy atom. The lowest BCUT2D eigenvalue weighted by molar-refractivity contribution is -0.00683. The molecule has 0 saturated carbocycles. The van der Waals surface area contributed by atoms with Crippen LogP contribution in [0.1, 0.15) is 31.9 Å². The summed E-state index contributed by atoms with van der Waals surface area (Å²) >= 11 is 0. The lowest BCUT2D eigenvalue weighted by Gasteiger charge is -2.39. The van der Waals surface area contributed by atoms with Crippen molar-refractivity contribution >= 4 is 5.96 Å². The van der Waals surface area contributed by atoms with E-state index in [1.807, 2.05) is 6.07 Å². The molecule has 152 valence electrons. The molecule has 1 aromatic rings. The van der Waals surface area contributed by atoms with Gasteiger partial charge in [0.1, 0.15) is 5.75 Å². The monoisotopic (exact) mass is 376 g/mol. The van der Waals surface area contributed by atoms with Crippen LogP contribution in [0.5, 0.6) is 5.75 Å². The number of rotatable bonds is 8. The fraction of sp³-hybridized carbons (Fsp3) is 0.667. The molecule has 27 heavy (non-hydrogen) atoms. The van der Waals surface area contributed by atoms with Gasteiger partial charge in [-0.05, 0) is 45.7 Å². The maximum Gasteiger partial charge on any atom is 0.191 e. The second-order valence-corrected chi connectivity index (χ2v) is 7.60. The number of nitrogens with one attached hydrogen (secondary N) is 2. The van der Waals surface area contributed by atoms with Gasteiger partial charge in [-0.15, -0.1) is 0 Å². The largest absolute Gasteiger partial charge is 0.496 e. The van der Waals surface area contributed by atoms with E-state index in [0.29, 0.717) is 0 Å². The van der Waals surface area contributed by atoms with Gasteiger partial charge in [0.25, 0.3) is 0 Å². The molecule has 0 atom stereocenters. The van der Waals surface area contributed by atoms with E-state index in [1.54, 1.807) is 7.11 Å². The zero-order valence-electron chi connectivity index (χ0n) is 17.6. The smallest absolute Gasteiger partial charge is 0.191 e. The van der Waals surface area contributed by atoms with Crippen LogP contribution >= 0.6 is 0 Å². The van der Waals surface area contributed by atoms with Gasteiger partial charge in [-0.25, -0.2) is 0 Å². The summed E-state index contributed by atoms with van der Waals surface area (Å²) < 4.78 is 10.9. The summed E-state index contributed by atoms with van der Waals surface area (Å²) in [5, 5.41) is 6.80. The number of ether oxygens (including phenoxy) is 2. The van der Waals surface area contributed by atoms with Crippen molar-refractivity contribution in [1.82, 2.24) is 15.5 Å². The Hall–Kier alpha value is -1.79. The van der Waals surface area contributed by atoms with Crippen LogP contribution in [0, 0.1) is 6.92 Å². The summed E-state index contributed by atoms with van der Waals surface area (Å²) in [4.78, 5) is 7.29. The maximum atomic E-state index is 5.48. The highest BCUT2D eigenvalue weighted by Gasteiger charge is 2.28. The molecule has 6 heteroatoms.